The van der Waals surface area contributed by atoms with Crippen molar-refractivity contribution < 1.29 is 4.74 Å². The number of nitrogens with one attached hydrogen (secondary N) is 1. The predicted molar refractivity (Wildman–Crippen MR) is 85.5 cm³/mol. The van der Waals surface area contributed by atoms with Crippen molar-refractivity contribution in [1.29, 1.82) is 0 Å². The molecule has 1 aromatic carbocycles. The Morgan fingerprint density at radius 3 is 2.76 bits per heavy atom. The maximum atomic E-state index is 5.66. The van der Waals surface area contributed by atoms with Crippen LogP contribution in [0.2, 0.25) is 0 Å². The van der Waals surface area contributed by atoms with E-state index in [1.165, 1.54) is 44.1 Å². The second-order valence-corrected chi connectivity index (χ2v) is 6.69. The molecule has 112 valence electrons. The van der Waals surface area contributed by atoms with Crippen LogP contribution in [0.5, 0.6) is 5.75 Å². The Morgan fingerprint density at radius 1 is 1.24 bits per heavy atom. The number of nitrogens with zero attached hydrogens (tertiary/aromatic N) is 1. The number of hydrogen-bond acceptors (Lipinski definition) is 3. The van der Waals surface area contributed by atoms with Crippen LogP contribution < -0.4 is 10.1 Å². The summed E-state index contributed by atoms with van der Waals surface area (Å²) in [5.74, 6) is 2.18. The fourth-order valence-corrected chi connectivity index (χ4v) is 4.43. The van der Waals surface area contributed by atoms with Gasteiger partial charge in [-0.15, -0.1) is 0 Å². The first-order valence-corrected chi connectivity index (χ1v) is 8.29. The lowest BCUT2D eigenvalue weighted by Gasteiger charge is -2.47. The van der Waals surface area contributed by atoms with Crippen LogP contribution in [-0.4, -0.2) is 26.0 Å². The molecule has 0 unspecified atom stereocenters. The first-order valence-electron chi connectivity index (χ1n) is 8.29. The molecule has 0 amide bonds. The molecule has 21 heavy (non-hydrogen) atoms. The van der Waals surface area contributed by atoms with Crippen LogP contribution >= 0.6 is 0 Å². The molecule has 1 N–H and O–H groups in total. The van der Waals surface area contributed by atoms with Gasteiger partial charge in [0.2, 0.25) is 0 Å². The highest BCUT2D eigenvalue weighted by molar-refractivity contribution is 5.86. The van der Waals surface area contributed by atoms with E-state index >= 15 is 0 Å². The van der Waals surface area contributed by atoms with Crippen LogP contribution in [0, 0.1) is 0 Å². The average Bonchev–Trinajstić information content (AvgIpc) is 2.98. The zero-order valence-corrected chi connectivity index (χ0v) is 12.9. The Balaban J connectivity index is 1.78. The van der Waals surface area contributed by atoms with Gasteiger partial charge in [0.05, 0.1) is 13.7 Å². The van der Waals surface area contributed by atoms with Gasteiger partial charge in [-0.05, 0) is 54.7 Å². The lowest BCUT2D eigenvalue weighted by molar-refractivity contribution is 0.208. The molecular formula is C18H24N2O. The van der Waals surface area contributed by atoms with Crippen molar-refractivity contribution >= 4 is 5.84 Å². The van der Waals surface area contributed by atoms with E-state index in [1.807, 2.05) is 0 Å². The molecule has 0 atom stereocenters. The van der Waals surface area contributed by atoms with E-state index in [-0.39, 0.29) is 0 Å². The van der Waals surface area contributed by atoms with Crippen LogP contribution in [0.3, 0.4) is 0 Å². The van der Waals surface area contributed by atoms with Crippen LogP contribution in [-0.2, 0) is 18.3 Å². The highest BCUT2D eigenvalue weighted by atomic mass is 16.5. The number of fused-ring (bicyclic) bond motifs is 2. The minimum Gasteiger partial charge on any atom is -0.496 e. The molecule has 1 fully saturated rings. The fourth-order valence-electron chi connectivity index (χ4n) is 4.43. The monoisotopic (exact) mass is 284 g/mol. The summed E-state index contributed by atoms with van der Waals surface area (Å²) >= 11 is 0. The van der Waals surface area contributed by atoms with Gasteiger partial charge in [-0.25, -0.2) is 0 Å². The van der Waals surface area contributed by atoms with Gasteiger partial charge in [0.15, 0.2) is 0 Å². The SMILES string of the molecule is COc1ccc2c(c1CC1=NCCN1)CCCC21CCC1. The zero-order chi connectivity index (χ0) is 14.3. The standard InChI is InChI=1S/C18H24N2O/c1-21-16-6-5-15-13(4-2-7-18(15)8-3-9-18)14(16)12-17-19-10-11-20-17/h5-6H,2-4,7-12H2,1H3,(H,19,20). The minimum atomic E-state index is 0.500. The summed E-state index contributed by atoms with van der Waals surface area (Å²) in [7, 11) is 1.79. The highest BCUT2D eigenvalue weighted by Gasteiger charge is 2.42. The van der Waals surface area contributed by atoms with Crippen LogP contribution in [0.15, 0.2) is 17.1 Å². The van der Waals surface area contributed by atoms with E-state index < -0.39 is 0 Å². The van der Waals surface area contributed by atoms with Gasteiger partial charge in [0.1, 0.15) is 11.6 Å². The van der Waals surface area contributed by atoms with Crippen molar-refractivity contribution in [2.45, 2.75) is 50.4 Å². The van der Waals surface area contributed by atoms with Gasteiger partial charge in [-0.3, -0.25) is 4.99 Å². The van der Waals surface area contributed by atoms with E-state index in [0.717, 1.165) is 31.1 Å². The summed E-state index contributed by atoms with van der Waals surface area (Å²) in [6.07, 6.45) is 8.97. The Bertz CT molecular complexity index is 587. The van der Waals surface area contributed by atoms with Gasteiger partial charge in [0, 0.05) is 18.5 Å². The molecule has 1 saturated carbocycles. The smallest absolute Gasteiger partial charge is 0.122 e. The molecule has 3 aliphatic rings. The number of aliphatic imine (C=N–C) groups is 1. The predicted octanol–water partition coefficient (Wildman–Crippen LogP) is 3.00. The van der Waals surface area contributed by atoms with Gasteiger partial charge < -0.3 is 10.1 Å². The van der Waals surface area contributed by atoms with Crippen molar-refractivity contribution in [2.75, 3.05) is 20.2 Å². The van der Waals surface area contributed by atoms with E-state index in [2.05, 4.69) is 22.4 Å². The van der Waals surface area contributed by atoms with Crippen molar-refractivity contribution in [1.82, 2.24) is 5.32 Å². The van der Waals surface area contributed by atoms with E-state index in [4.69, 9.17) is 4.74 Å². The number of ether oxygens (including phenoxy) is 1. The molecule has 1 heterocycles. The summed E-state index contributed by atoms with van der Waals surface area (Å²) < 4.78 is 5.66. The molecular weight excluding hydrogens is 260 g/mol. The van der Waals surface area contributed by atoms with E-state index in [0.29, 0.717) is 5.41 Å². The number of methoxy groups -OCH3 is 1. The Hall–Kier alpha value is -1.51. The third-order valence-electron chi connectivity index (χ3n) is 5.66. The topological polar surface area (TPSA) is 33.6 Å². The second kappa shape index (κ2) is 5.04. The number of amidine groups is 1. The molecule has 1 aliphatic heterocycles. The molecule has 1 aromatic rings. The molecule has 4 rings (SSSR count). The third kappa shape index (κ3) is 2.05. The Labute approximate surface area is 126 Å². The first-order chi connectivity index (χ1) is 10.3. The van der Waals surface area contributed by atoms with Crippen molar-refractivity contribution in [3.8, 4) is 5.75 Å². The van der Waals surface area contributed by atoms with E-state index in [1.54, 1.807) is 18.2 Å². The van der Waals surface area contributed by atoms with Gasteiger partial charge in [0.25, 0.3) is 0 Å². The fraction of sp³-hybridized carbons (Fsp3) is 0.611. The molecule has 0 bridgehead atoms. The number of benzene rings is 1. The normalized spacial score (nSPS) is 22.2. The highest BCUT2D eigenvalue weighted by Crippen LogP contribution is 2.52. The quantitative estimate of drug-likeness (QED) is 0.925. The summed E-state index contributed by atoms with van der Waals surface area (Å²) in [4.78, 5) is 4.58. The van der Waals surface area contributed by atoms with Crippen LogP contribution in [0.4, 0.5) is 0 Å². The Kier molecular flexibility index (Phi) is 3.16. The van der Waals surface area contributed by atoms with Gasteiger partial charge >= 0.3 is 0 Å². The third-order valence-corrected chi connectivity index (χ3v) is 5.66. The van der Waals surface area contributed by atoms with Gasteiger partial charge in [-0.2, -0.15) is 0 Å². The summed E-state index contributed by atoms with van der Waals surface area (Å²) in [5.41, 5.74) is 5.07. The number of hydrogen-bond donors (Lipinski definition) is 1. The maximum Gasteiger partial charge on any atom is 0.122 e. The number of rotatable bonds is 3. The Morgan fingerprint density at radius 2 is 2.10 bits per heavy atom. The second-order valence-electron chi connectivity index (χ2n) is 6.69. The maximum absolute atomic E-state index is 5.66. The van der Waals surface area contributed by atoms with Crippen LogP contribution in [0.1, 0.15) is 48.8 Å². The van der Waals surface area contributed by atoms with Gasteiger partial charge in [-0.1, -0.05) is 12.5 Å². The molecule has 1 spiro atoms. The summed E-state index contributed by atoms with van der Waals surface area (Å²) in [6.45, 7) is 1.90. The van der Waals surface area contributed by atoms with Crippen molar-refractivity contribution in [2.24, 2.45) is 4.99 Å². The minimum absolute atomic E-state index is 0.500. The summed E-state index contributed by atoms with van der Waals surface area (Å²) in [6, 6.07) is 4.54. The molecule has 0 aromatic heterocycles. The largest absolute Gasteiger partial charge is 0.496 e. The lowest BCUT2D eigenvalue weighted by Crippen LogP contribution is -2.38. The summed E-state index contributed by atoms with van der Waals surface area (Å²) in [5, 5.41) is 3.41. The zero-order valence-electron chi connectivity index (χ0n) is 12.9. The lowest BCUT2D eigenvalue weighted by atomic mass is 9.58. The first kappa shape index (κ1) is 13.2. The van der Waals surface area contributed by atoms with Crippen LogP contribution in [0.25, 0.3) is 0 Å². The van der Waals surface area contributed by atoms with Crippen molar-refractivity contribution in [3.63, 3.8) is 0 Å². The molecule has 2 aliphatic carbocycles. The molecule has 0 radical (unpaired) electrons. The van der Waals surface area contributed by atoms with E-state index in [9.17, 15) is 0 Å². The average molecular weight is 284 g/mol. The molecule has 3 heteroatoms. The van der Waals surface area contributed by atoms with Crippen molar-refractivity contribution in [3.05, 3.63) is 28.8 Å². The molecule has 3 nitrogen and oxygen atoms in total. The molecule has 0 saturated heterocycles.